The number of nitrogens with zero attached hydrogens (tertiary/aromatic N) is 2. The zero-order valence-corrected chi connectivity index (χ0v) is 12.7. The number of pyridine rings is 1. The standard InChI is InChI=1S/C15H20FN3O3/c1-19-8-9(15(20)21-2)3-13(19)14-12(16)4-10(7-18-14)22-11-5-17-6-11/h4,7,9,11,13,17H,3,5-6,8H2,1-2H3. The fourth-order valence-electron chi connectivity index (χ4n) is 2.94. The molecule has 2 aliphatic heterocycles. The van der Waals surface area contributed by atoms with E-state index in [0.29, 0.717) is 24.4 Å². The van der Waals surface area contributed by atoms with Gasteiger partial charge in [-0.15, -0.1) is 0 Å². The number of hydrogen-bond acceptors (Lipinski definition) is 6. The van der Waals surface area contributed by atoms with Crippen LogP contribution in [0.2, 0.25) is 0 Å². The van der Waals surface area contributed by atoms with E-state index in [1.807, 2.05) is 11.9 Å². The van der Waals surface area contributed by atoms with E-state index < -0.39 is 5.82 Å². The van der Waals surface area contributed by atoms with Crippen molar-refractivity contribution in [3.05, 3.63) is 23.8 Å². The summed E-state index contributed by atoms with van der Waals surface area (Å²) in [6, 6.07) is 1.16. The molecule has 3 heterocycles. The number of rotatable bonds is 4. The van der Waals surface area contributed by atoms with Gasteiger partial charge >= 0.3 is 5.97 Å². The molecule has 7 heteroatoms. The molecule has 0 aliphatic carbocycles. The predicted octanol–water partition coefficient (Wildman–Crippen LogP) is 0.737. The third kappa shape index (κ3) is 2.91. The van der Waals surface area contributed by atoms with Gasteiger partial charge in [0, 0.05) is 25.7 Å². The van der Waals surface area contributed by atoms with Crippen LogP contribution in [0.3, 0.4) is 0 Å². The van der Waals surface area contributed by atoms with Gasteiger partial charge < -0.3 is 14.8 Å². The molecule has 1 aromatic heterocycles. The van der Waals surface area contributed by atoms with Crippen LogP contribution >= 0.6 is 0 Å². The van der Waals surface area contributed by atoms with E-state index in [1.165, 1.54) is 13.2 Å². The number of likely N-dealkylation sites (tertiary alicyclic amines) is 1. The van der Waals surface area contributed by atoms with Gasteiger partial charge in [-0.2, -0.15) is 0 Å². The summed E-state index contributed by atoms with van der Waals surface area (Å²) in [6.45, 7) is 2.09. The van der Waals surface area contributed by atoms with Crippen LogP contribution in [0.15, 0.2) is 12.3 Å². The Morgan fingerprint density at radius 2 is 2.27 bits per heavy atom. The lowest BCUT2D eigenvalue weighted by Crippen LogP contribution is -2.50. The Labute approximate surface area is 128 Å². The quantitative estimate of drug-likeness (QED) is 0.828. The molecule has 0 amide bonds. The van der Waals surface area contributed by atoms with Crippen molar-refractivity contribution in [2.75, 3.05) is 33.8 Å². The molecule has 2 unspecified atom stereocenters. The Bertz CT molecular complexity index is 565. The topological polar surface area (TPSA) is 63.7 Å². The van der Waals surface area contributed by atoms with Crippen LogP contribution in [0, 0.1) is 11.7 Å². The summed E-state index contributed by atoms with van der Waals surface area (Å²) >= 11 is 0. The highest BCUT2D eigenvalue weighted by Crippen LogP contribution is 2.35. The monoisotopic (exact) mass is 309 g/mol. The van der Waals surface area contributed by atoms with Gasteiger partial charge in [-0.3, -0.25) is 14.7 Å². The molecule has 1 N–H and O–H groups in total. The first-order valence-electron chi connectivity index (χ1n) is 7.39. The van der Waals surface area contributed by atoms with Gasteiger partial charge in [0.2, 0.25) is 0 Å². The zero-order chi connectivity index (χ0) is 15.7. The van der Waals surface area contributed by atoms with Crippen LogP contribution in [-0.2, 0) is 9.53 Å². The summed E-state index contributed by atoms with van der Waals surface area (Å²) in [7, 11) is 3.23. The normalized spacial score (nSPS) is 25.8. The molecule has 2 aliphatic rings. The molecular formula is C15H20FN3O3. The number of esters is 1. The summed E-state index contributed by atoms with van der Waals surface area (Å²) in [6.07, 6.45) is 2.15. The number of halogens is 1. The van der Waals surface area contributed by atoms with Crippen LogP contribution < -0.4 is 10.1 Å². The molecule has 0 saturated carbocycles. The summed E-state index contributed by atoms with van der Waals surface area (Å²) in [5, 5.41) is 3.09. The van der Waals surface area contributed by atoms with E-state index in [2.05, 4.69) is 10.3 Å². The van der Waals surface area contributed by atoms with Crippen molar-refractivity contribution < 1.29 is 18.7 Å². The maximum atomic E-state index is 14.4. The lowest BCUT2D eigenvalue weighted by molar-refractivity contribution is -0.144. The smallest absolute Gasteiger partial charge is 0.310 e. The molecule has 2 fully saturated rings. The van der Waals surface area contributed by atoms with Gasteiger partial charge in [-0.05, 0) is 13.5 Å². The van der Waals surface area contributed by atoms with Crippen molar-refractivity contribution >= 4 is 5.97 Å². The highest BCUT2D eigenvalue weighted by molar-refractivity contribution is 5.73. The van der Waals surface area contributed by atoms with E-state index in [9.17, 15) is 9.18 Å². The van der Waals surface area contributed by atoms with E-state index >= 15 is 0 Å². The van der Waals surface area contributed by atoms with Crippen molar-refractivity contribution in [2.45, 2.75) is 18.6 Å². The Kier molecular flexibility index (Phi) is 4.26. The van der Waals surface area contributed by atoms with Crippen molar-refractivity contribution in [1.29, 1.82) is 0 Å². The molecule has 0 bridgehead atoms. The second-order valence-electron chi connectivity index (χ2n) is 5.85. The molecule has 1 aromatic rings. The van der Waals surface area contributed by atoms with Gasteiger partial charge in [0.25, 0.3) is 0 Å². The van der Waals surface area contributed by atoms with Crippen LogP contribution in [0.1, 0.15) is 18.2 Å². The van der Waals surface area contributed by atoms with E-state index in [-0.39, 0.29) is 24.0 Å². The molecule has 22 heavy (non-hydrogen) atoms. The first-order chi connectivity index (χ1) is 10.6. The highest BCUT2D eigenvalue weighted by atomic mass is 19.1. The maximum absolute atomic E-state index is 14.4. The van der Waals surface area contributed by atoms with E-state index in [1.54, 1.807) is 6.20 Å². The molecule has 0 spiro atoms. The Hall–Kier alpha value is -1.73. The Morgan fingerprint density at radius 3 is 2.86 bits per heavy atom. The molecule has 2 atom stereocenters. The van der Waals surface area contributed by atoms with Crippen LogP contribution in [0.5, 0.6) is 5.75 Å². The average Bonchev–Trinajstić information content (AvgIpc) is 2.84. The predicted molar refractivity (Wildman–Crippen MR) is 77.0 cm³/mol. The fraction of sp³-hybridized carbons (Fsp3) is 0.600. The number of carbonyl (C=O) groups excluding carboxylic acids is 1. The summed E-state index contributed by atoms with van der Waals surface area (Å²) in [5.74, 6) is -0.449. The van der Waals surface area contributed by atoms with Gasteiger partial charge in [0.15, 0.2) is 0 Å². The lowest BCUT2D eigenvalue weighted by Gasteiger charge is -2.28. The van der Waals surface area contributed by atoms with Crippen molar-refractivity contribution in [3.63, 3.8) is 0 Å². The van der Waals surface area contributed by atoms with Gasteiger partial charge in [-0.1, -0.05) is 0 Å². The molecule has 3 rings (SSSR count). The molecular weight excluding hydrogens is 289 g/mol. The minimum Gasteiger partial charge on any atom is -0.486 e. The largest absolute Gasteiger partial charge is 0.486 e. The number of methoxy groups -OCH3 is 1. The number of carbonyl (C=O) groups is 1. The number of ether oxygens (including phenoxy) is 2. The van der Waals surface area contributed by atoms with Crippen molar-refractivity contribution in [1.82, 2.24) is 15.2 Å². The van der Waals surface area contributed by atoms with Crippen LogP contribution in [-0.4, -0.2) is 55.7 Å². The molecule has 120 valence electrons. The highest BCUT2D eigenvalue weighted by Gasteiger charge is 2.37. The molecule has 2 saturated heterocycles. The molecule has 0 radical (unpaired) electrons. The number of aromatic nitrogens is 1. The number of hydrogen-bond donors (Lipinski definition) is 1. The third-order valence-corrected chi connectivity index (χ3v) is 4.29. The summed E-state index contributed by atoms with van der Waals surface area (Å²) in [4.78, 5) is 17.8. The number of nitrogens with one attached hydrogen (secondary N) is 1. The van der Waals surface area contributed by atoms with Gasteiger partial charge in [-0.25, -0.2) is 4.39 Å². The second kappa shape index (κ2) is 6.18. The lowest BCUT2D eigenvalue weighted by atomic mass is 10.0. The fourth-order valence-corrected chi connectivity index (χ4v) is 2.94. The minimum atomic E-state index is -0.396. The first kappa shape index (κ1) is 15.2. The zero-order valence-electron chi connectivity index (χ0n) is 12.7. The average molecular weight is 309 g/mol. The Morgan fingerprint density at radius 1 is 1.50 bits per heavy atom. The second-order valence-corrected chi connectivity index (χ2v) is 5.85. The van der Waals surface area contributed by atoms with E-state index in [0.717, 1.165) is 13.1 Å². The third-order valence-electron chi connectivity index (χ3n) is 4.29. The summed E-state index contributed by atoms with van der Waals surface area (Å²) < 4.78 is 24.7. The van der Waals surface area contributed by atoms with Gasteiger partial charge in [0.05, 0.1) is 31.0 Å². The van der Waals surface area contributed by atoms with Gasteiger partial charge in [0.1, 0.15) is 17.7 Å². The van der Waals surface area contributed by atoms with Crippen LogP contribution in [0.25, 0.3) is 0 Å². The maximum Gasteiger partial charge on any atom is 0.310 e. The minimum absolute atomic E-state index is 0.0879. The van der Waals surface area contributed by atoms with Crippen molar-refractivity contribution in [3.8, 4) is 5.75 Å². The van der Waals surface area contributed by atoms with Crippen molar-refractivity contribution in [2.24, 2.45) is 5.92 Å². The SMILES string of the molecule is COC(=O)C1CC(c2ncc(OC3CNC3)cc2F)N(C)C1. The molecule has 0 aromatic carbocycles. The Balaban J connectivity index is 1.72. The first-order valence-corrected chi connectivity index (χ1v) is 7.39. The summed E-state index contributed by atoms with van der Waals surface area (Å²) in [5.41, 5.74) is 0.355. The molecule has 6 nitrogen and oxygen atoms in total. The van der Waals surface area contributed by atoms with E-state index in [4.69, 9.17) is 9.47 Å². The van der Waals surface area contributed by atoms with Crippen LogP contribution in [0.4, 0.5) is 4.39 Å².